The zero-order valence-corrected chi connectivity index (χ0v) is 25.3. The third-order valence-electron chi connectivity index (χ3n) is 8.17. The van der Waals surface area contributed by atoms with Crippen LogP contribution in [0.2, 0.25) is 0 Å². The van der Waals surface area contributed by atoms with Crippen LogP contribution in [0.5, 0.6) is 11.5 Å². The zero-order chi connectivity index (χ0) is 30.5. The topological polar surface area (TPSA) is 95.9 Å². The first-order valence-electron chi connectivity index (χ1n) is 14.6. The van der Waals surface area contributed by atoms with Crippen molar-refractivity contribution in [2.75, 3.05) is 23.7 Å². The molecule has 3 aromatic carbocycles. The van der Waals surface area contributed by atoms with Gasteiger partial charge in [0.1, 0.15) is 22.7 Å². The van der Waals surface area contributed by atoms with Gasteiger partial charge in [-0.05, 0) is 76.1 Å². The Balaban J connectivity index is 1.69. The van der Waals surface area contributed by atoms with Crippen LogP contribution in [0.1, 0.15) is 82.1 Å². The Morgan fingerprint density at radius 2 is 1.42 bits per heavy atom. The van der Waals surface area contributed by atoms with E-state index in [0.717, 1.165) is 52.3 Å². The highest BCUT2D eigenvalue weighted by Gasteiger charge is 2.57. The van der Waals surface area contributed by atoms with E-state index in [9.17, 15) is 9.59 Å². The van der Waals surface area contributed by atoms with Gasteiger partial charge in [-0.1, -0.05) is 24.3 Å². The third-order valence-corrected chi connectivity index (χ3v) is 8.17. The Bertz CT molecular complexity index is 1770. The number of benzene rings is 3. The van der Waals surface area contributed by atoms with Crippen molar-refractivity contribution in [2.45, 2.75) is 47.1 Å². The number of ketones is 1. The lowest BCUT2D eigenvalue weighted by molar-refractivity contribution is 0.0673. The number of aromatic nitrogens is 1. The van der Waals surface area contributed by atoms with Gasteiger partial charge in [0, 0.05) is 65.8 Å². The van der Waals surface area contributed by atoms with Gasteiger partial charge in [0.05, 0.1) is 11.4 Å². The molecule has 0 fully saturated rings. The maximum absolute atomic E-state index is 14.4. The number of carbonyl (C=O) groups is 2. The van der Waals surface area contributed by atoms with Gasteiger partial charge < -0.3 is 15.4 Å². The number of nitrogens with one attached hydrogen (secondary N) is 2. The van der Waals surface area contributed by atoms with E-state index in [4.69, 9.17) is 9.84 Å². The molecule has 0 aliphatic carbocycles. The first-order valence-corrected chi connectivity index (χ1v) is 14.6. The summed E-state index contributed by atoms with van der Waals surface area (Å²) in [7, 11) is 0. The zero-order valence-electron chi connectivity index (χ0n) is 25.3. The van der Waals surface area contributed by atoms with Crippen molar-refractivity contribution in [3.63, 3.8) is 0 Å². The average molecular weight is 574 g/mol. The molecule has 0 unspecified atom stereocenters. The average Bonchev–Trinajstić information content (AvgIpc) is 3.23. The van der Waals surface area contributed by atoms with Crippen LogP contribution < -0.4 is 15.4 Å². The van der Waals surface area contributed by atoms with E-state index in [1.807, 2.05) is 43.3 Å². The van der Waals surface area contributed by atoms with Crippen LogP contribution in [-0.4, -0.2) is 40.5 Å². The van der Waals surface area contributed by atoms with E-state index in [1.165, 1.54) is 6.92 Å². The molecule has 43 heavy (non-hydrogen) atoms. The number of Topliss-reactive ketones (excluding diaryl/α,β-unsaturated/α-hetero) is 1. The standard InChI is InChI=1S/C35H35N5O3/c1-7-36-30-18-32-26(16-20(30)3)35(27-17-21(4)31(37-8-2)19-33(27)43-32)25-13-10-9-12-24(25)34(42)40(35)39-22(5)28-14-11-15-29(38-28)23(6)41/h9-19,36-37H,7-8H2,1-6H3/b39-22+. The summed E-state index contributed by atoms with van der Waals surface area (Å²) in [6, 6.07) is 21.2. The monoisotopic (exact) mass is 573 g/mol. The van der Waals surface area contributed by atoms with E-state index in [1.54, 1.807) is 23.2 Å². The summed E-state index contributed by atoms with van der Waals surface area (Å²) in [6.07, 6.45) is 0. The van der Waals surface area contributed by atoms with Gasteiger partial charge in [0.15, 0.2) is 5.78 Å². The molecule has 6 rings (SSSR count). The Labute approximate surface area is 251 Å². The molecule has 8 nitrogen and oxygen atoms in total. The molecule has 1 spiro atoms. The van der Waals surface area contributed by atoms with Gasteiger partial charge >= 0.3 is 0 Å². The smallest absolute Gasteiger partial charge is 0.275 e. The Hall–Kier alpha value is -4.98. The van der Waals surface area contributed by atoms with Gasteiger partial charge in [0.2, 0.25) is 0 Å². The number of fused-ring (bicyclic) bond motifs is 6. The van der Waals surface area contributed by atoms with Crippen molar-refractivity contribution in [1.82, 2.24) is 9.99 Å². The fraction of sp³-hybridized carbons (Fsp3) is 0.257. The highest BCUT2D eigenvalue weighted by molar-refractivity contribution is 6.05. The van der Waals surface area contributed by atoms with Crippen molar-refractivity contribution in [3.05, 3.63) is 111 Å². The summed E-state index contributed by atoms with van der Waals surface area (Å²) in [6.45, 7) is 13.0. The van der Waals surface area contributed by atoms with Crippen LogP contribution in [0.3, 0.4) is 0 Å². The summed E-state index contributed by atoms with van der Waals surface area (Å²) in [4.78, 5) is 31.1. The van der Waals surface area contributed by atoms with Crippen molar-refractivity contribution in [3.8, 4) is 11.5 Å². The number of anilines is 2. The number of hydrogen-bond acceptors (Lipinski definition) is 7. The highest BCUT2D eigenvalue weighted by atomic mass is 16.5. The van der Waals surface area contributed by atoms with Crippen molar-refractivity contribution in [2.24, 2.45) is 5.10 Å². The number of hydrogen-bond donors (Lipinski definition) is 2. The molecule has 3 heterocycles. The SMILES string of the molecule is CCNc1cc2c(cc1C)C1(c3cc(C)c(NCC)cc3O2)c2ccccc2C(=O)N1/N=C(\C)c1cccc(C(C)=O)n1. The summed E-state index contributed by atoms with van der Waals surface area (Å²) in [5.41, 5.74) is 7.33. The fourth-order valence-electron chi connectivity index (χ4n) is 6.17. The van der Waals surface area contributed by atoms with Gasteiger partial charge in [-0.25, -0.2) is 9.99 Å². The van der Waals surface area contributed by atoms with Gasteiger partial charge in [0.25, 0.3) is 5.91 Å². The molecule has 1 amide bonds. The summed E-state index contributed by atoms with van der Waals surface area (Å²) in [5, 5.41) is 13.5. The van der Waals surface area contributed by atoms with Crippen molar-refractivity contribution in [1.29, 1.82) is 0 Å². The lowest BCUT2D eigenvalue weighted by Gasteiger charge is -2.42. The predicted octanol–water partition coefficient (Wildman–Crippen LogP) is 7.04. The molecule has 4 aromatic rings. The van der Waals surface area contributed by atoms with Gasteiger partial charge in [-0.2, -0.15) is 5.10 Å². The van der Waals surface area contributed by atoms with Gasteiger partial charge in [-0.15, -0.1) is 0 Å². The Kier molecular flexibility index (Phi) is 7.00. The van der Waals surface area contributed by atoms with E-state index in [-0.39, 0.29) is 11.7 Å². The fourth-order valence-corrected chi connectivity index (χ4v) is 6.17. The lowest BCUT2D eigenvalue weighted by Crippen LogP contribution is -2.45. The third kappa shape index (κ3) is 4.36. The van der Waals surface area contributed by atoms with Crippen LogP contribution in [0.4, 0.5) is 11.4 Å². The molecule has 0 bridgehead atoms. The second-order valence-electron chi connectivity index (χ2n) is 11.0. The molecule has 218 valence electrons. The first-order chi connectivity index (χ1) is 20.7. The molecule has 0 atom stereocenters. The number of hydrazone groups is 1. The number of aryl methyl sites for hydroxylation is 2. The lowest BCUT2D eigenvalue weighted by atomic mass is 9.74. The molecule has 8 heteroatoms. The number of rotatable bonds is 7. The normalized spacial score (nSPS) is 14.6. The molecule has 2 aliphatic rings. The molecule has 2 aliphatic heterocycles. The maximum Gasteiger partial charge on any atom is 0.275 e. The molecule has 0 radical (unpaired) electrons. The largest absolute Gasteiger partial charge is 0.456 e. The minimum absolute atomic E-state index is 0.137. The van der Waals surface area contributed by atoms with E-state index < -0.39 is 5.54 Å². The van der Waals surface area contributed by atoms with Crippen LogP contribution in [0.25, 0.3) is 0 Å². The van der Waals surface area contributed by atoms with E-state index in [0.29, 0.717) is 34.2 Å². The first kappa shape index (κ1) is 28.2. The van der Waals surface area contributed by atoms with E-state index >= 15 is 0 Å². The van der Waals surface area contributed by atoms with E-state index in [2.05, 4.69) is 55.4 Å². The number of amides is 1. The quantitative estimate of drug-likeness (QED) is 0.182. The predicted molar refractivity (Wildman–Crippen MR) is 170 cm³/mol. The maximum atomic E-state index is 14.4. The number of pyridine rings is 1. The second kappa shape index (κ2) is 10.7. The van der Waals surface area contributed by atoms with Crippen LogP contribution in [0.15, 0.2) is 71.8 Å². The van der Waals surface area contributed by atoms with Crippen molar-refractivity contribution >= 4 is 28.8 Å². The minimum atomic E-state index is -1.11. The molecule has 2 N–H and O–H groups in total. The Morgan fingerprint density at radius 3 is 2.00 bits per heavy atom. The van der Waals surface area contributed by atoms with Crippen molar-refractivity contribution < 1.29 is 14.3 Å². The highest BCUT2D eigenvalue weighted by Crippen LogP contribution is 2.59. The van der Waals surface area contributed by atoms with Crippen LogP contribution in [-0.2, 0) is 5.54 Å². The number of nitrogens with zero attached hydrogens (tertiary/aromatic N) is 3. The molecular weight excluding hydrogens is 538 g/mol. The summed E-state index contributed by atoms with van der Waals surface area (Å²) in [5.74, 6) is 0.944. The van der Waals surface area contributed by atoms with Crippen LogP contribution >= 0.6 is 0 Å². The molecule has 0 saturated carbocycles. The Morgan fingerprint density at radius 1 is 0.837 bits per heavy atom. The minimum Gasteiger partial charge on any atom is -0.456 e. The van der Waals surface area contributed by atoms with Crippen LogP contribution in [0, 0.1) is 13.8 Å². The second-order valence-corrected chi connectivity index (χ2v) is 11.0. The number of carbonyl (C=O) groups excluding carboxylic acids is 2. The summed E-state index contributed by atoms with van der Waals surface area (Å²) < 4.78 is 6.66. The number of ether oxygens (including phenoxy) is 1. The summed E-state index contributed by atoms with van der Waals surface area (Å²) >= 11 is 0. The van der Waals surface area contributed by atoms with Gasteiger partial charge in [-0.3, -0.25) is 9.59 Å². The molecular formula is C35H35N5O3. The molecule has 0 saturated heterocycles. The molecule has 1 aromatic heterocycles.